The number of rotatable bonds is 10. The van der Waals surface area contributed by atoms with Gasteiger partial charge >= 0.3 is 0 Å². The van der Waals surface area contributed by atoms with Crippen molar-refractivity contribution >= 4 is 53.0 Å². The van der Waals surface area contributed by atoms with E-state index in [2.05, 4.69) is 76.4 Å². The molecule has 5 aromatic rings. The number of fused-ring (bicyclic) bond motifs is 1. The molecule has 0 bridgehead atoms. The van der Waals surface area contributed by atoms with Gasteiger partial charge in [0.25, 0.3) is 5.91 Å². The van der Waals surface area contributed by atoms with Crippen molar-refractivity contribution < 1.29 is 14.4 Å². The molecule has 1 aliphatic carbocycles. The van der Waals surface area contributed by atoms with Crippen LogP contribution in [0.25, 0.3) is 23.1 Å². The van der Waals surface area contributed by atoms with Crippen molar-refractivity contribution in [3.63, 3.8) is 0 Å². The molecule has 51 heavy (non-hydrogen) atoms. The van der Waals surface area contributed by atoms with Crippen molar-refractivity contribution in [1.82, 2.24) is 19.4 Å². The number of carbonyl (C=O) groups excluding carboxylic acids is 3. The van der Waals surface area contributed by atoms with E-state index in [1.165, 1.54) is 61.6 Å². The van der Waals surface area contributed by atoms with E-state index >= 15 is 0 Å². The molecule has 9 heteroatoms. The van der Waals surface area contributed by atoms with Crippen LogP contribution in [0, 0.1) is 12.8 Å². The number of benzene rings is 2. The molecule has 1 aliphatic rings. The molecule has 9 nitrogen and oxygen atoms in total. The van der Waals surface area contributed by atoms with Crippen molar-refractivity contribution in [2.75, 3.05) is 24.2 Å². The van der Waals surface area contributed by atoms with Crippen LogP contribution in [-0.2, 0) is 18.9 Å². The number of hydrogen-bond acceptors (Lipinski definition) is 5. The van der Waals surface area contributed by atoms with E-state index in [0.717, 1.165) is 17.0 Å². The molecule has 2 aromatic carbocycles. The summed E-state index contributed by atoms with van der Waals surface area (Å²) in [5.41, 5.74) is 6.58. The molecule has 6 rings (SSSR count). The fourth-order valence-electron chi connectivity index (χ4n) is 5.77. The maximum absolute atomic E-state index is 12.1. The zero-order chi connectivity index (χ0) is 37.0. The standard InChI is InChI=1S/C18H15N.C13H14N4O3.C9H19N.C2H6/c1-14-6-8-15(9-7-14)10-11-16-12-17-4-2-3-5-18(17)19-13-16;1-16-6-10(3-11(16)7-18)15-13(20)12-4-9(14-8-19)5-17(12)2;1-10-8-7-9-5-3-2-4-6-9;1-2/h2-13H,1H3;3-8H,1-2H3,(H,14,19)(H,15,20);9-10H,2-8H2,1H3;1-2H3/b11-10+;;;. The first-order valence-electron chi connectivity index (χ1n) is 17.8. The van der Waals surface area contributed by atoms with Crippen LogP contribution in [0.3, 0.4) is 0 Å². The molecular formula is C42H54N6O3. The summed E-state index contributed by atoms with van der Waals surface area (Å²) in [4.78, 5) is 37.7. The summed E-state index contributed by atoms with van der Waals surface area (Å²) in [6.07, 6.45) is 19.5. The van der Waals surface area contributed by atoms with Crippen LogP contribution in [0.4, 0.5) is 11.4 Å². The lowest BCUT2D eigenvalue weighted by Gasteiger charge is -2.20. The van der Waals surface area contributed by atoms with Crippen LogP contribution in [0.15, 0.2) is 85.3 Å². The van der Waals surface area contributed by atoms with Crippen molar-refractivity contribution in [1.29, 1.82) is 0 Å². The van der Waals surface area contributed by atoms with Gasteiger partial charge in [-0.15, -0.1) is 0 Å². The van der Waals surface area contributed by atoms with E-state index in [9.17, 15) is 14.4 Å². The van der Waals surface area contributed by atoms with E-state index in [1.54, 1.807) is 47.8 Å². The first-order chi connectivity index (χ1) is 24.8. The number of carbonyl (C=O) groups is 3. The normalized spacial score (nSPS) is 12.4. The molecule has 3 aromatic heterocycles. The van der Waals surface area contributed by atoms with Gasteiger partial charge in [0.2, 0.25) is 6.41 Å². The average molecular weight is 691 g/mol. The Morgan fingerprint density at radius 3 is 2.22 bits per heavy atom. The van der Waals surface area contributed by atoms with Gasteiger partial charge in [-0.1, -0.05) is 106 Å². The van der Waals surface area contributed by atoms with Crippen molar-refractivity contribution in [2.24, 2.45) is 20.0 Å². The van der Waals surface area contributed by atoms with Gasteiger partial charge in [0.15, 0.2) is 6.29 Å². The van der Waals surface area contributed by atoms with Crippen LogP contribution in [0.5, 0.6) is 0 Å². The summed E-state index contributed by atoms with van der Waals surface area (Å²) in [6.45, 7) is 7.31. The van der Waals surface area contributed by atoms with Crippen molar-refractivity contribution in [2.45, 2.75) is 59.3 Å². The van der Waals surface area contributed by atoms with Crippen molar-refractivity contribution in [3.05, 3.63) is 113 Å². The maximum atomic E-state index is 12.1. The molecule has 2 amide bonds. The summed E-state index contributed by atoms with van der Waals surface area (Å²) >= 11 is 0. The van der Waals surface area contributed by atoms with Gasteiger partial charge in [0.05, 0.1) is 22.6 Å². The highest BCUT2D eigenvalue weighted by molar-refractivity contribution is 6.04. The van der Waals surface area contributed by atoms with E-state index in [-0.39, 0.29) is 5.91 Å². The Labute approximate surface area is 303 Å². The average Bonchev–Trinajstić information content (AvgIpc) is 3.72. The van der Waals surface area contributed by atoms with Crippen molar-refractivity contribution in [3.8, 4) is 0 Å². The topological polar surface area (TPSA) is 110 Å². The largest absolute Gasteiger partial charge is 0.346 e. The molecule has 3 N–H and O–H groups in total. The van der Waals surface area contributed by atoms with E-state index in [4.69, 9.17) is 0 Å². The van der Waals surface area contributed by atoms with Crippen LogP contribution in [0.1, 0.15) is 90.0 Å². The first-order valence-corrected chi connectivity index (χ1v) is 17.8. The Morgan fingerprint density at radius 2 is 1.55 bits per heavy atom. The van der Waals surface area contributed by atoms with Gasteiger partial charge in [-0.25, -0.2) is 0 Å². The molecule has 1 saturated carbocycles. The second-order valence-corrected chi connectivity index (χ2v) is 12.4. The van der Waals surface area contributed by atoms with Crippen LogP contribution < -0.4 is 16.0 Å². The highest BCUT2D eigenvalue weighted by Crippen LogP contribution is 2.25. The molecule has 0 spiro atoms. The van der Waals surface area contributed by atoms with E-state index < -0.39 is 0 Å². The summed E-state index contributed by atoms with van der Waals surface area (Å²) < 4.78 is 3.22. The van der Waals surface area contributed by atoms with E-state index in [0.29, 0.717) is 35.5 Å². The highest BCUT2D eigenvalue weighted by Gasteiger charge is 2.14. The Hall–Kier alpha value is -5.28. The molecule has 0 radical (unpaired) electrons. The lowest BCUT2D eigenvalue weighted by Crippen LogP contribution is -2.15. The number of aldehydes is 1. The van der Waals surface area contributed by atoms with Gasteiger partial charge in [-0.05, 0) is 68.2 Å². The maximum Gasteiger partial charge on any atom is 0.272 e. The van der Waals surface area contributed by atoms with Gasteiger partial charge in [-0.3, -0.25) is 19.4 Å². The van der Waals surface area contributed by atoms with Crippen LogP contribution in [0.2, 0.25) is 0 Å². The van der Waals surface area contributed by atoms with Crippen LogP contribution >= 0.6 is 0 Å². The Morgan fingerprint density at radius 1 is 0.863 bits per heavy atom. The predicted molar refractivity (Wildman–Crippen MR) is 212 cm³/mol. The molecular weight excluding hydrogens is 637 g/mol. The molecule has 270 valence electrons. The lowest BCUT2D eigenvalue weighted by molar-refractivity contribution is -0.105. The molecule has 3 heterocycles. The number of anilines is 2. The third-order valence-electron chi connectivity index (χ3n) is 8.57. The zero-order valence-electron chi connectivity index (χ0n) is 31.0. The number of pyridine rings is 1. The van der Waals surface area contributed by atoms with Gasteiger partial charge in [0, 0.05) is 38.1 Å². The van der Waals surface area contributed by atoms with E-state index in [1.807, 2.05) is 45.3 Å². The summed E-state index contributed by atoms with van der Waals surface area (Å²) in [5, 5.41) is 9.56. The van der Waals surface area contributed by atoms with Gasteiger partial charge in [-0.2, -0.15) is 0 Å². The minimum atomic E-state index is -0.325. The molecule has 0 atom stereocenters. The fourth-order valence-corrected chi connectivity index (χ4v) is 5.77. The number of aromatic nitrogens is 3. The summed E-state index contributed by atoms with van der Waals surface area (Å²) in [7, 11) is 5.46. The monoisotopic (exact) mass is 690 g/mol. The lowest BCUT2D eigenvalue weighted by atomic mass is 9.87. The number of amides is 2. The summed E-state index contributed by atoms with van der Waals surface area (Å²) in [5.74, 6) is 0.718. The minimum Gasteiger partial charge on any atom is -0.346 e. The number of nitrogens with one attached hydrogen (secondary N) is 3. The number of aryl methyl sites for hydroxylation is 3. The third kappa shape index (κ3) is 13.2. The number of hydrogen-bond donors (Lipinski definition) is 3. The fraction of sp³-hybridized carbons (Fsp3) is 0.333. The molecule has 0 aliphatic heterocycles. The smallest absolute Gasteiger partial charge is 0.272 e. The Bertz CT molecular complexity index is 1830. The quantitative estimate of drug-likeness (QED) is 0.127. The SMILES string of the molecule is CC.CNCCC1CCCCC1.Cc1ccc(/C=C/c2cnc3ccccc3c2)cc1.Cn1cc(NC(=O)c2cc(NC=O)cn2C)cc1C=O. The molecule has 1 fully saturated rings. The first kappa shape index (κ1) is 40.2. The Kier molecular flexibility index (Phi) is 17.1. The number of nitrogens with zero attached hydrogens (tertiary/aromatic N) is 3. The minimum absolute atomic E-state index is 0.325. The Balaban J connectivity index is 0.000000212. The highest BCUT2D eigenvalue weighted by atomic mass is 16.2. The molecule has 0 unspecified atom stereocenters. The third-order valence-corrected chi connectivity index (χ3v) is 8.57. The second-order valence-electron chi connectivity index (χ2n) is 12.4. The molecule has 0 saturated heterocycles. The predicted octanol–water partition coefficient (Wildman–Crippen LogP) is 8.91. The van der Waals surface area contributed by atoms with Crippen LogP contribution in [-0.4, -0.2) is 46.3 Å². The second kappa shape index (κ2) is 21.7. The van der Waals surface area contributed by atoms with Gasteiger partial charge in [0.1, 0.15) is 5.69 Å². The zero-order valence-corrected chi connectivity index (χ0v) is 31.0. The summed E-state index contributed by atoms with van der Waals surface area (Å²) in [6, 6.07) is 22.0. The van der Waals surface area contributed by atoms with Gasteiger partial charge < -0.3 is 25.1 Å². The number of para-hydroxylation sites is 1.